The number of hydrogen-bond acceptors (Lipinski definition) is 7. The van der Waals surface area contributed by atoms with E-state index in [1.165, 1.54) is 23.1 Å². The van der Waals surface area contributed by atoms with Crippen LogP contribution in [-0.2, 0) is 0 Å². The fourth-order valence-electron chi connectivity index (χ4n) is 0.490. The SMILES string of the molecule is c1snnc1-c1nnns1. The molecule has 0 atom stereocenters. The second-order valence-corrected chi connectivity index (χ2v) is 2.80. The van der Waals surface area contributed by atoms with Crippen LogP contribution < -0.4 is 0 Å². The molecule has 0 bridgehead atoms. The van der Waals surface area contributed by atoms with E-state index >= 15 is 0 Å². The maximum atomic E-state index is 3.80. The zero-order chi connectivity index (χ0) is 6.81. The standard InChI is InChI=1S/C3HN5S2/c1-2(4-7-9-1)3-5-6-8-10-3/h1H. The van der Waals surface area contributed by atoms with Gasteiger partial charge in [0, 0.05) is 16.9 Å². The van der Waals surface area contributed by atoms with Crippen LogP contribution in [0.4, 0.5) is 0 Å². The molecule has 0 fully saturated rings. The third kappa shape index (κ3) is 0.888. The molecule has 0 aromatic carbocycles. The van der Waals surface area contributed by atoms with Crippen molar-refractivity contribution in [1.82, 2.24) is 24.4 Å². The van der Waals surface area contributed by atoms with Crippen LogP contribution in [0.5, 0.6) is 0 Å². The smallest absolute Gasteiger partial charge is 0.135 e. The zero-order valence-electron chi connectivity index (χ0n) is 4.63. The fourth-order valence-corrected chi connectivity index (χ4v) is 1.42. The Morgan fingerprint density at radius 3 is 2.80 bits per heavy atom. The normalized spacial score (nSPS) is 10.0. The van der Waals surface area contributed by atoms with Crippen molar-refractivity contribution >= 4 is 23.1 Å². The zero-order valence-corrected chi connectivity index (χ0v) is 6.26. The van der Waals surface area contributed by atoms with Gasteiger partial charge in [0.1, 0.15) is 5.69 Å². The second kappa shape index (κ2) is 2.35. The van der Waals surface area contributed by atoms with E-state index in [0.29, 0.717) is 5.01 Å². The van der Waals surface area contributed by atoms with E-state index in [-0.39, 0.29) is 0 Å². The summed E-state index contributed by atoms with van der Waals surface area (Å²) in [6.45, 7) is 0. The highest BCUT2D eigenvalue weighted by Gasteiger charge is 2.03. The van der Waals surface area contributed by atoms with Crippen LogP contribution in [0, 0.1) is 0 Å². The summed E-state index contributed by atoms with van der Waals surface area (Å²) >= 11 is 2.50. The molecule has 0 spiro atoms. The Labute approximate surface area is 64.1 Å². The molecule has 2 rings (SSSR count). The van der Waals surface area contributed by atoms with E-state index in [1.54, 1.807) is 0 Å². The van der Waals surface area contributed by atoms with Crippen LogP contribution in [0.1, 0.15) is 0 Å². The van der Waals surface area contributed by atoms with Gasteiger partial charge in [-0.05, 0) is 16.7 Å². The lowest BCUT2D eigenvalue weighted by Crippen LogP contribution is -1.75. The quantitative estimate of drug-likeness (QED) is 0.623. The Morgan fingerprint density at radius 1 is 1.20 bits per heavy atom. The molecule has 2 heterocycles. The molecule has 0 unspecified atom stereocenters. The number of nitrogens with zero attached hydrogens (tertiary/aromatic N) is 5. The van der Waals surface area contributed by atoms with Gasteiger partial charge in [0.2, 0.25) is 0 Å². The van der Waals surface area contributed by atoms with Gasteiger partial charge in [0.15, 0.2) is 5.01 Å². The van der Waals surface area contributed by atoms with Crippen LogP contribution >= 0.6 is 23.1 Å². The average Bonchev–Trinajstić information content (AvgIpc) is 2.59. The van der Waals surface area contributed by atoms with Gasteiger partial charge in [0.25, 0.3) is 0 Å². The topological polar surface area (TPSA) is 64.5 Å². The predicted molar refractivity (Wildman–Crippen MR) is 36.6 cm³/mol. The molecule has 10 heavy (non-hydrogen) atoms. The van der Waals surface area contributed by atoms with Crippen molar-refractivity contribution in [2.45, 2.75) is 0 Å². The largest absolute Gasteiger partial charge is 0.189 e. The first kappa shape index (κ1) is 5.81. The molecule has 0 aliphatic carbocycles. The number of aromatic nitrogens is 5. The first-order valence-corrected chi connectivity index (χ1v) is 4.00. The van der Waals surface area contributed by atoms with Crippen LogP contribution in [0.15, 0.2) is 5.38 Å². The minimum Gasteiger partial charge on any atom is -0.135 e. The molecule has 0 N–H and O–H groups in total. The second-order valence-electron chi connectivity index (χ2n) is 1.46. The molecule has 2 aromatic heterocycles. The molecule has 0 aliphatic heterocycles. The van der Waals surface area contributed by atoms with E-state index in [9.17, 15) is 0 Å². The summed E-state index contributed by atoms with van der Waals surface area (Å²) in [4.78, 5) is 0. The third-order valence-corrected chi connectivity index (χ3v) is 2.00. The number of hydrogen-bond donors (Lipinski definition) is 0. The molecule has 50 valence electrons. The van der Waals surface area contributed by atoms with Crippen molar-refractivity contribution in [1.29, 1.82) is 0 Å². The van der Waals surface area contributed by atoms with Gasteiger partial charge in [-0.2, -0.15) is 0 Å². The maximum Gasteiger partial charge on any atom is 0.189 e. The van der Waals surface area contributed by atoms with Crippen LogP contribution in [0.2, 0.25) is 0 Å². The monoisotopic (exact) mass is 171 g/mol. The maximum absolute atomic E-state index is 3.80. The minimum absolute atomic E-state index is 0.716. The molecule has 0 amide bonds. The highest BCUT2D eigenvalue weighted by molar-refractivity contribution is 7.09. The van der Waals surface area contributed by atoms with Crippen molar-refractivity contribution < 1.29 is 0 Å². The van der Waals surface area contributed by atoms with E-state index in [1.807, 2.05) is 5.38 Å². The van der Waals surface area contributed by atoms with Crippen molar-refractivity contribution in [2.24, 2.45) is 0 Å². The first-order valence-electron chi connectivity index (χ1n) is 2.39. The third-order valence-electron chi connectivity index (χ3n) is 0.879. The summed E-state index contributed by atoms with van der Waals surface area (Å²) in [6, 6.07) is 0. The van der Waals surface area contributed by atoms with Gasteiger partial charge in [-0.15, -0.1) is 10.2 Å². The summed E-state index contributed by atoms with van der Waals surface area (Å²) in [5.74, 6) is 0. The van der Waals surface area contributed by atoms with Gasteiger partial charge in [-0.25, -0.2) is 0 Å². The van der Waals surface area contributed by atoms with Crippen LogP contribution in [0.25, 0.3) is 10.7 Å². The Bertz CT molecular complexity index is 254. The number of rotatable bonds is 1. The van der Waals surface area contributed by atoms with E-state index in [4.69, 9.17) is 0 Å². The predicted octanol–water partition coefficient (Wildman–Crippen LogP) is 0.452. The average molecular weight is 171 g/mol. The molecular weight excluding hydrogens is 170 g/mol. The lowest BCUT2D eigenvalue weighted by atomic mass is 10.5. The van der Waals surface area contributed by atoms with E-state index < -0.39 is 0 Å². The highest BCUT2D eigenvalue weighted by Crippen LogP contribution is 2.15. The molecule has 0 aliphatic rings. The highest BCUT2D eigenvalue weighted by atomic mass is 32.1. The molecule has 0 saturated heterocycles. The molecule has 0 saturated carbocycles. The lowest BCUT2D eigenvalue weighted by molar-refractivity contribution is 0.957. The Balaban J connectivity index is 2.48. The summed E-state index contributed by atoms with van der Waals surface area (Å²) in [5.41, 5.74) is 0.750. The summed E-state index contributed by atoms with van der Waals surface area (Å²) in [6.07, 6.45) is 0. The Hall–Kier alpha value is -0.950. The summed E-state index contributed by atoms with van der Waals surface area (Å²) in [7, 11) is 0. The van der Waals surface area contributed by atoms with Gasteiger partial charge < -0.3 is 0 Å². The van der Waals surface area contributed by atoms with Crippen molar-refractivity contribution in [3.05, 3.63) is 5.38 Å². The van der Waals surface area contributed by atoms with Crippen molar-refractivity contribution in [2.75, 3.05) is 0 Å². The molecule has 0 radical (unpaired) electrons. The van der Waals surface area contributed by atoms with Crippen LogP contribution in [-0.4, -0.2) is 24.4 Å². The molecule has 7 heteroatoms. The van der Waals surface area contributed by atoms with Crippen LogP contribution in [0.3, 0.4) is 0 Å². The summed E-state index contributed by atoms with van der Waals surface area (Å²) in [5, 5.41) is 13.5. The molecule has 5 nitrogen and oxygen atoms in total. The van der Waals surface area contributed by atoms with Gasteiger partial charge >= 0.3 is 0 Å². The van der Waals surface area contributed by atoms with Gasteiger partial charge in [-0.1, -0.05) is 8.98 Å². The molecular formula is C3HN5S2. The summed E-state index contributed by atoms with van der Waals surface area (Å²) < 4.78 is 7.28. The first-order chi connectivity index (χ1) is 4.97. The van der Waals surface area contributed by atoms with Gasteiger partial charge in [-0.3, -0.25) is 0 Å². The fraction of sp³-hybridized carbons (Fsp3) is 0. The van der Waals surface area contributed by atoms with Gasteiger partial charge in [0.05, 0.1) is 0 Å². The Morgan fingerprint density at radius 2 is 2.20 bits per heavy atom. The van der Waals surface area contributed by atoms with Crippen molar-refractivity contribution in [3.63, 3.8) is 0 Å². The van der Waals surface area contributed by atoms with E-state index in [0.717, 1.165) is 5.69 Å². The van der Waals surface area contributed by atoms with Crippen molar-refractivity contribution in [3.8, 4) is 10.7 Å². The Kier molecular flexibility index (Phi) is 1.36. The lowest BCUT2D eigenvalue weighted by Gasteiger charge is -1.76. The molecule has 2 aromatic rings. The van der Waals surface area contributed by atoms with E-state index in [2.05, 4.69) is 24.4 Å². The minimum atomic E-state index is 0.716.